The van der Waals surface area contributed by atoms with Gasteiger partial charge >= 0.3 is 5.97 Å². The molecule has 1 N–H and O–H groups in total. The van der Waals surface area contributed by atoms with Crippen molar-refractivity contribution in [1.29, 1.82) is 0 Å². The van der Waals surface area contributed by atoms with Gasteiger partial charge in [0.1, 0.15) is 5.68 Å². The van der Waals surface area contributed by atoms with E-state index < -0.39 is 11.7 Å². The quantitative estimate of drug-likeness (QED) is 0.603. The summed E-state index contributed by atoms with van der Waals surface area (Å²) >= 11 is 0. The highest BCUT2D eigenvalue weighted by Gasteiger charge is 2.10. The van der Waals surface area contributed by atoms with E-state index in [0.717, 1.165) is 0 Å². The third-order valence-electron chi connectivity index (χ3n) is 2.37. The van der Waals surface area contributed by atoms with Crippen LogP contribution < -0.4 is 0 Å². The first kappa shape index (κ1) is 10.5. The van der Waals surface area contributed by atoms with E-state index in [1.165, 1.54) is 13.3 Å². The molecule has 0 aliphatic carbocycles. The predicted molar refractivity (Wildman–Crippen MR) is 59.7 cm³/mol. The molecule has 78 valence electrons. The number of rotatable bonds is 2. The highest BCUT2D eigenvalue weighted by molar-refractivity contribution is 6.63. The summed E-state index contributed by atoms with van der Waals surface area (Å²) in [7, 11) is 6.51. The normalized spacial score (nSPS) is 10.3. The second kappa shape index (κ2) is 3.85. The van der Waals surface area contributed by atoms with Crippen LogP contribution in [-0.2, 0) is 4.74 Å². The number of aromatic amines is 1. The Bertz CT molecular complexity index is 574. The first-order valence-electron chi connectivity index (χ1n) is 4.62. The average Bonchev–Trinajstić information content (AvgIpc) is 2.70. The zero-order valence-electron chi connectivity index (χ0n) is 8.61. The fourth-order valence-electron chi connectivity index (χ4n) is 1.57. The summed E-state index contributed by atoms with van der Waals surface area (Å²) in [6, 6.07) is 4.88. The van der Waals surface area contributed by atoms with Crippen LogP contribution in [-0.4, -0.2) is 31.6 Å². The molecule has 4 nitrogen and oxygen atoms in total. The number of methoxy groups -OCH3 is 1. The number of carbonyl (C=O) groups is 2. The van der Waals surface area contributed by atoms with E-state index in [1.807, 2.05) is 0 Å². The van der Waals surface area contributed by atoms with Gasteiger partial charge in [-0.05, 0) is 12.1 Å². The second-order valence-electron chi connectivity index (χ2n) is 3.32. The lowest BCUT2D eigenvalue weighted by Crippen LogP contribution is -2.00. The number of nitrogens with one attached hydrogen (secondary N) is 1. The van der Waals surface area contributed by atoms with Gasteiger partial charge in [-0.15, -0.1) is 0 Å². The summed E-state index contributed by atoms with van der Waals surface area (Å²) in [5.41, 5.74) is 1.01. The van der Waals surface area contributed by atoms with E-state index in [-0.39, 0.29) is 0 Å². The van der Waals surface area contributed by atoms with Crippen molar-refractivity contribution in [3.8, 4) is 0 Å². The number of hydrogen-bond acceptors (Lipinski definition) is 3. The maximum Gasteiger partial charge on any atom is 0.337 e. The van der Waals surface area contributed by atoms with Crippen LogP contribution in [0.3, 0.4) is 0 Å². The van der Waals surface area contributed by atoms with Gasteiger partial charge in [0, 0.05) is 22.7 Å². The van der Waals surface area contributed by atoms with Crippen molar-refractivity contribution in [3.63, 3.8) is 0 Å². The molecule has 0 fully saturated rings. The van der Waals surface area contributed by atoms with Crippen molar-refractivity contribution in [2.45, 2.75) is 0 Å². The van der Waals surface area contributed by atoms with Crippen molar-refractivity contribution in [3.05, 3.63) is 35.5 Å². The number of hydrogen-bond donors (Lipinski definition) is 1. The fourth-order valence-corrected chi connectivity index (χ4v) is 1.57. The molecule has 1 aromatic heterocycles. The van der Waals surface area contributed by atoms with E-state index in [1.54, 1.807) is 18.2 Å². The molecule has 0 aliphatic heterocycles. The Morgan fingerprint density at radius 3 is 2.75 bits per heavy atom. The Hall–Kier alpha value is -2.04. The molecule has 1 aromatic carbocycles. The van der Waals surface area contributed by atoms with E-state index in [4.69, 9.17) is 7.85 Å². The first-order valence-corrected chi connectivity index (χ1v) is 4.62. The Morgan fingerprint density at radius 1 is 1.38 bits per heavy atom. The molecular weight excluding hydrogens is 205 g/mol. The fraction of sp³-hybridized carbons (Fsp3) is 0.0909. The molecule has 0 saturated heterocycles. The van der Waals surface area contributed by atoms with Crippen LogP contribution in [0.4, 0.5) is 0 Å². The lowest BCUT2D eigenvalue weighted by Gasteiger charge is -1.99. The maximum absolute atomic E-state index is 11.3. The summed E-state index contributed by atoms with van der Waals surface area (Å²) in [5, 5.41) is 0.695. The minimum absolute atomic E-state index is 0.409. The highest BCUT2D eigenvalue weighted by atomic mass is 16.5. The minimum atomic E-state index is -0.503. The Labute approximate surface area is 93.0 Å². The molecule has 0 atom stereocenters. The minimum Gasteiger partial charge on any atom is -0.465 e. The Morgan fingerprint density at radius 2 is 2.12 bits per heavy atom. The number of esters is 1. The SMILES string of the molecule is [B]C(=O)c1c[nH]c2cc(C(=O)OC)ccc12. The molecule has 0 bridgehead atoms. The van der Waals surface area contributed by atoms with Crippen molar-refractivity contribution in [2.75, 3.05) is 7.11 Å². The van der Waals surface area contributed by atoms with E-state index in [9.17, 15) is 9.59 Å². The lowest BCUT2D eigenvalue weighted by atomic mass is 9.94. The molecule has 0 spiro atoms. The summed E-state index contributed by atoms with van der Waals surface area (Å²) in [6.45, 7) is 0. The van der Waals surface area contributed by atoms with Crippen molar-refractivity contribution < 1.29 is 14.3 Å². The zero-order valence-corrected chi connectivity index (χ0v) is 8.61. The van der Waals surface area contributed by atoms with Gasteiger partial charge in [-0.1, -0.05) is 6.07 Å². The van der Waals surface area contributed by atoms with Crippen LogP contribution >= 0.6 is 0 Å². The third kappa shape index (κ3) is 1.60. The van der Waals surface area contributed by atoms with Gasteiger partial charge in [-0.25, -0.2) is 4.79 Å². The van der Waals surface area contributed by atoms with E-state index >= 15 is 0 Å². The number of benzene rings is 1. The number of aromatic nitrogens is 1. The number of H-pyrrole nitrogens is 1. The van der Waals surface area contributed by atoms with Crippen LogP contribution in [0.1, 0.15) is 20.7 Å². The molecule has 0 amide bonds. The van der Waals surface area contributed by atoms with Gasteiger partial charge in [0.2, 0.25) is 0 Å². The van der Waals surface area contributed by atoms with Gasteiger partial charge < -0.3 is 14.5 Å². The molecule has 0 aliphatic rings. The molecule has 0 saturated carbocycles. The molecule has 16 heavy (non-hydrogen) atoms. The molecule has 5 heteroatoms. The monoisotopic (exact) mass is 213 g/mol. The maximum atomic E-state index is 11.3. The average molecular weight is 213 g/mol. The van der Waals surface area contributed by atoms with E-state index in [2.05, 4.69) is 9.72 Å². The first-order chi connectivity index (χ1) is 7.63. The van der Waals surface area contributed by atoms with Crippen LogP contribution in [0.5, 0.6) is 0 Å². The largest absolute Gasteiger partial charge is 0.465 e. The predicted octanol–water partition coefficient (Wildman–Crippen LogP) is 1.26. The third-order valence-corrected chi connectivity index (χ3v) is 2.37. The van der Waals surface area contributed by atoms with Gasteiger partial charge in [0.05, 0.1) is 12.7 Å². The van der Waals surface area contributed by atoms with Gasteiger partial charge in [0.25, 0.3) is 0 Å². The van der Waals surface area contributed by atoms with E-state index in [0.29, 0.717) is 22.0 Å². The van der Waals surface area contributed by atoms with Crippen LogP contribution in [0.25, 0.3) is 10.9 Å². The second-order valence-corrected chi connectivity index (χ2v) is 3.32. The van der Waals surface area contributed by atoms with Crippen molar-refractivity contribution in [1.82, 2.24) is 4.98 Å². The number of fused-ring (bicyclic) bond motifs is 1. The molecule has 2 rings (SSSR count). The Kier molecular flexibility index (Phi) is 2.52. The van der Waals surface area contributed by atoms with Crippen LogP contribution in [0.15, 0.2) is 24.4 Å². The summed E-state index contributed by atoms with van der Waals surface area (Å²) < 4.78 is 4.59. The molecular formula is C11H8BNO3. The zero-order chi connectivity index (χ0) is 11.7. The number of carbonyl (C=O) groups excluding carboxylic acids is 2. The molecule has 0 unspecified atom stereocenters. The van der Waals surface area contributed by atoms with Gasteiger partial charge in [0.15, 0.2) is 7.85 Å². The van der Waals surface area contributed by atoms with Gasteiger partial charge in [-0.2, -0.15) is 0 Å². The molecule has 2 aromatic rings. The Balaban J connectivity index is 2.57. The molecule has 1 heterocycles. The topological polar surface area (TPSA) is 59.2 Å². The summed E-state index contributed by atoms with van der Waals surface area (Å²) in [5.74, 6) is -0.419. The summed E-state index contributed by atoms with van der Waals surface area (Å²) in [6.07, 6.45) is 1.52. The van der Waals surface area contributed by atoms with Gasteiger partial charge in [-0.3, -0.25) is 0 Å². The standard InChI is InChI=1S/C11H8BNO3/c1-16-11(15)6-2-3-7-8(10(12)14)5-13-9(7)4-6/h2-5,13H,1H3. The highest BCUT2D eigenvalue weighted by Crippen LogP contribution is 2.19. The smallest absolute Gasteiger partial charge is 0.337 e. The molecule has 2 radical (unpaired) electrons. The lowest BCUT2D eigenvalue weighted by molar-refractivity contribution is 0.0601. The van der Waals surface area contributed by atoms with Crippen LogP contribution in [0, 0.1) is 0 Å². The van der Waals surface area contributed by atoms with Crippen molar-refractivity contribution in [2.24, 2.45) is 0 Å². The van der Waals surface area contributed by atoms with Crippen molar-refractivity contribution >= 4 is 30.4 Å². The summed E-state index contributed by atoms with van der Waals surface area (Å²) in [4.78, 5) is 25.2. The number of ether oxygens (including phenoxy) is 1. The van der Waals surface area contributed by atoms with Crippen LogP contribution in [0.2, 0.25) is 0 Å².